The Balaban J connectivity index is 1.81. The van der Waals surface area contributed by atoms with Crippen molar-refractivity contribution in [3.63, 3.8) is 0 Å². The van der Waals surface area contributed by atoms with Gasteiger partial charge in [0.2, 0.25) is 0 Å². The van der Waals surface area contributed by atoms with Gasteiger partial charge in [0.05, 0.1) is 14.6 Å². The zero-order chi connectivity index (χ0) is 16.5. The molecule has 0 aliphatic heterocycles. The van der Waals surface area contributed by atoms with E-state index >= 15 is 0 Å². The Morgan fingerprint density at radius 1 is 1.12 bits per heavy atom. The van der Waals surface area contributed by atoms with Gasteiger partial charge in [-0.25, -0.2) is 9.67 Å². The molecule has 1 aromatic carbocycles. The first-order chi connectivity index (χ1) is 11.7. The Kier molecular flexibility index (Phi) is 4.00. The SMILES string of the molecule is Cc1nc2c(=O)n(CCc3ccccc3)nc(-c3cccs3)c2s1. The van der Waals surface area contributed by atoms with Crippen LogP contribution in [0.5, 0.6) is 0 Å². The molecule has 120 valence electrons. The van der Waals surface area contributed by atoms with E-state index in [2.05, 4.69) is 22.2 Å². The van der Waals surface area contributed by atoms with Gasteiger partial charge in [-0.1, -0.05) is 36.4 Å². The van der Waals surface area contributed by atoms with Gasteiger partial charge in [0.15, 0.2) is 5.52 Å². The molecule has 4 nitrogen and oxygen atoms in total. The molecular formula is C18H15N3OS2. The summed E-state index contributed by atoms with van der Waals surface area (Å²) >= 11 is 3.16. The molecule has 6 heteroatoms. The van der Waals surface area contributed by atoms with Gasteiger partial charge in [-0.2, -0.15) is 5.10 Å². The lowest BCUT2D eigenvalue weighted by atomic mass is 10.1. The average Bonchev–Trinajstić information content (AvgIpc) is 3.25. The molecule has 0 saturated heterocycles. The van der Waals surface area contributed by atoms with Crippen molar-refractivity contribution in [3.05, 3.63) is 68.8 Å². The maximum Gasteiger partial charge on any atom is 0.294 e. The Morgan fingerprint density at radius 3 is 2.71 bits per heavy atom. The van der Waals surface area contributed by atoms with Crippen molar-refractivity contribution in [2.75, 3.05) is 0 Å². The molecule has 3 aromatic heterocycles. The fourth-order valence-corrected chi connectivity index (χ4v) is 4.36. The molecule has 0 fully saturated rings. The molecule has 4 rings (SSSR count). The van der Waals surface area contributed by atoms with Gasteiger partial charge >= 0.3 is 0 Å². The number of hydrogen-bond donors (Lipinski definition) is 0. The second kappa shape index (κ2) is 6.30. The van der Waals surface area contributed by atoms with E-state index in [1.807, 2.05) is 42.6 Å². The average molecular weight is 353 g/mol. The fourth-order valence-electron chi connectivity index (χ4n) is 2.67. The monoisotopic (exact) mass is 353 g/mol. The van der Waals surface area contributed by atoms with Crippen LogP contribution >= 0.6 is 22.7 Å². The molecule has 24 heavy (non-hydrogen) atoms. The Labute approximate surface area is 147 Å². The van der Waals surface area contributed by atoms with Gasteiger partial charge in [0, 0.05) is 6.54 Å². The lowest BCUT2D eigenvalue weighted by molar-refractivity contribution is 0.586. The molecule has 0 radical (unpaired) electrons. The lowest BCUT2D eigenvalue weighted by Gasteiger charge is -2.07. The minimum absolute atomic E-state index is 0.106. The fraction of sp³-hybridized carbons (Fsp3) is 0.167. The number of aryl methyl sites for hydroxylation is 3. The molecule has 4 aromatic rings. The normalized spacial score (nSPS) is 11.2. The third kappa shape index (κ3) is 2.79. The number of aromatic nitrogens is 3. The van der Waals surface area contributed by atoms with Crippen molar-refractivity contribution in [2.45, 2.75) is 19.9 Å². The van der Waals surface area contributed by atoms with E-state index in [1.54, 1.807) is 16.0 Å². The summed E-state index contributed by atoms with van der Waals surface area (Å²) in [6.07, 6.45) is 0.770. The maximum absolute atomic E-state index is 12.7. The first-order valence-electron chi connectivity index (χ1n) is 7.68. The van der Waals surface area contributed by atoms with Gasteiger partial charge in [0.25, 0.3) is 5.56 Å². The van der Waals surface area contributed by atoms with E-state index in [1.165, 1.54) is 16.9 Å². The number of rotatable bonds is 4. The summed E-state index contributed by atoms with van der Waals surface area (Å²) in [5, 5.41) is 7.57. The summed E-state index contributed by atoms with van der Waals surface area (Å²) in [5.41, 5.74) is 2.48. The molecule has 0 saturated carbocycles. The largest absolute Gasteiger partial charge is 0.294 e. The minimum Gasteiger partial charge on any atom is -0.265 e. The third-order valence-corrected chi connectivity index (χ3v) is 5.67. The highest BCUT2D eigenvalue weighted by Gasteiger charge is 2.16. The topological polar surface area (TPSA) is 47.8 Å². The molecule has 0 aliphatic rings. The van der Waals surface area contributed by atoms with Crippen LogP contribution in [0.1, 0.15) is 10.6 Å². The van der Waals surface area contributed by atoms with Crippen LogP contribution in [0.2, 0.25) is 0 Å². The Bertz CT molecular complexity index is 1030. The highest BCUT2D eigenvalue weighted by molar-refractivity contribution is 7.20. The predicted octanol–water partition coefficient (Wildman–Crippen LogP) is 4.13. The molecule has 0 unspecified atom stereocenters. The van der Waals surface area contributed by atoms with E-state index in [0.29, 0.717) is 12.1 Å². The highest BCUT2D eigenvalue weighted by atomic mass is 32.1. The third-order valence-electron chi connectivity index (χ3n) is 3.82. The van der Waals surface area contributed by atoms with Gasteiger partial charge in [0.1, 0.15) is 5.69 Å². The van der Waals surface area contributed by atoms with Gasteiger partial charge in [-0.15, -0.1) is 22.7 Å². The van der Waals surface area contributed by atoms with Crippen LogP contribution in [0.3, 0.4) is 0 Å². The predicted molar refractivity (Wildman–Crippen MR) is 99.9 cm³/mol. The smallest absolute Gasteiger partial charge is 0.265 e. The standard InChI is InChI=1S/C18H15N3OS2/c1-12-19-16-17(24-12)15(14-8-5-11-23-14)20-21(18(16)22)10-9-13-6-3-2-4-7-13/h2-8,11H,9-10H2,1H3. The number of nitrogens with zero attached hydrogens (tertiary/aromatic N) is 3. The molecule has 3 heterocycles. The van der Waals surface area contributed by atoms with Crippen molar-refractivity contribution < 1.29 is 0 Å². The van der Waals surface area contributed by atoms with Gasteiger partial charge in [-0.3, -0.25) is 4.79 Å². The maximum atomic E-state index is 12.7. The molecule has 0 atom stereocenters. The Hall–Kier alpha value is -2.31. The number of fused-ring (bicyclic) bond motifs is 1. The number of benzene rings is 1. The molecule has 0 bridgehead atoms. The van der Waals surface area contributed by atoms with Crippen LogP contribution in [-0.2, 0) is 13.0 Å². The van der Waals surface area contributed by atoms with Gasteiger partial charge in [-0.05, 0) is 30.4 Å². The molecular weight excluding hydrogens is 338 g/mol. The van der Waals surface area contributed by atoms with Crippen LogP contribution in [-0.4, -0.2) is 14.8 Å². The number of hydrogen-bond acceptors (Lipinski definition) is 5. The van der Waals surface area contributed by atoms with Crippen LogP contribution in [0.25, 0.3) is 20.8 Å². The molecule has 0 aliphatic carbocycles. The zero-order valence-corrected chi connectivity index (χ0v) is 14.7. The number of thiophene rings is 1. The van der Waals surface area contributed by atoms with E-state index < -0.39 is 0 Å². The number of thiazole rings is 1. The molecule has 0 N–H and O–H groups in total. The Morgan fingerprint density at radius 2 is 1.96 bits per heavy atom. The minimum atomic E-state index is -0.106. The molecule has 0 amide bonds. The first kappa shape index (κ1) is 15.2. The second-order valence-electron chi connectivity index (χ2n) is 5.50. The van der Waals surface area contributed by atoms with Crippen LogP contribution in [0.15, 0.2) is 52.6 Å². The van der Waals surface area contributed by atoms with E-state index in [0.717, 1.165) is 26.7 Å². The van der Waals surface area contributed by atoms with Crippen molar-refractivity contribution in [3.8, 4) is 10.6 Å². The second-order valence-corrected chi connectivity index (χ2v) is 7.65. The van der Waals surface area contributed by atoms with E-state index in [-0.39, 0.29) is 5.56 Å². The summed E-state index contributed by atoms with van der Waals surface area (Å²) in [5.74, 6) is 0. The van der Waals surface area contributed by atoms with Crippen LogP contribution in [0, 0.1) is 6.92 Å². The summed E-state index contributed by atoms with van der Waals surface area (Å²) in [4.78, 5) is 18.2. The van der Waals surface area contributed by atoms with Crippen LogP contribution in [0.4, 0.5) is 0 Å². The zero-order valence-electron chi connectivity index (χ0n) is 13.1. The summed E-state index contributed by atoms with van der Waals surface area (Å²) in [6, 6.07) is 14.2. The van der Waals surface area contributed by atoms with Crippen molar-refractivity contribution in [1.29, 1.82) is 0 Å². The van der Waals surface area contributed by atoms with E-state index in [4.69, 9.17) is 0 Å². The van der Waals surface area contributed by atoms with Crippen molar-refractivity contribution >= 4 is 32.9 Å². The summed E-state index contributed by atoms with van der Waals surface area (Å²) in [7, 11) is 0. The first-order valence-corrected chi connectivity index (χ1v) is 9.38. The molecule has 0 spiro atoms. The van der Waals surface area contributed by atoms with Crippen molar-refractivity contribution in [2.24, 2.45) is 0 Å². The van der Waals surface area contributed by atoms with Crippen molar-refractivity contribution in [1.82, 2.24) is 14.8 Å². The van der Waals surface area contributed by atoms with Crippen LogP contribution < -0.4 is 5.56 Å². The quantitative estimate of drug-likeness (QED) is 0.554. The summed E-state index contributed by atoms with van der Waals surface area (Å²) < 4.78 is 2.44. The highest BCUT2D eigenvalue weighted by Crippen LogP contribution is 2.31. The lowest BCUT2D eigenvalue weighted by Crippen LogP contribution is -2.24. The van der Waals surface area contributed by atoms with Gasteiger partial charge < -0.3 is 0 Å². The summed E-state index contributed by atoms with van der Waals surface area (Å²) in [6.45, 7) is 2.48. The van der Waals surface area contributed by atoms with E-state index in [9.17, 15) is 4.79 Å².